The van der Waals surface area contributed by atoms with Gasteiger partial charge in [0.15, 0.2) is 0 Å². The fourth-order valence-electron chi connectivity index (χ4n) is 8.85. The molecule has 0 saturated heterocycles. The maximum atomic E-state index is 12.3. The number of nitrogens with two attached hydrogens (primary N) is 1. The fourth-order valence-corrected chi connectivity index (χ4v) is 8.85. The molecule has 9 nitrogen and oxygen atoms in total. The van der Waals surface area contributed by atoms with Gasteiger partial charge in [0.1, 0.15) is 5.82 Å². The summed E-state index contributed by atoms with van der Waals surface area (Å²) in [5.41, 5.74) is 9.22. The Bertz CT molecular complexity index is 1350. The summed E-state index contributed by atoms with van der Waals surface area (Å²) in [5.74, 6) is -0.616. The molecule has 0 amide bonds. The molecule has 0 spiro atoms. The van der Waals surface area contributed by atoms with E-state index < -0.39 is 23.6 Å². The quantitative estimate of drug-likeness (QED) is 0.0536. The smallest absolute Gasteiger partial charge is 0.309 e. The first-order chi connectivity index (χ1) is 24.0. The van der Waals surface area contributed by atoms with Gasteiger partial charge in [0.2, 0.25) is 0 Å². The first kappa shape index (κ1) is 40.1. The molecule has 8 N–H and O–H groups in total. The number of H-pyrrole nitrogens is 1. The normalized spacial score (nSPS) is 26.3. The van der Waals surface area contributed by atoms with Crippen LogP contribution in [0.1, 0.15) is 126 Å². The van der Waals surface area contributed by atoms with Crippen LogP contribution in [0.4, 0.5) is 5.82 Å². The third-order valence-corrected chi connectivity index (χ3v) is 11.7. The Balaban J connectivity index is 1.32. The molecule has 1 saturated carbocycles. The average Bonchev–Trinajstić information content (AvgIpc) is 3.61. The zero-order valence-corrected chi connectivity index (χ0v) is 30.6. The van der Waals surface area contributed by atoms with Crippen LogP contribution in [0.3, 0.4) is 0 Å². The highest BCUT2D eigenvalue weighted by Crippen LogP contribution is 2.46. The van der Waals surface area contributed by atoms with Crippen LogP contribution in [0.15, 0.2) is 36.5 Å². The molecule has 0 aromatic carbocycles. The monoisotopic (exact) mass is 695 g/mol. The lowest BCUT2D eigenvalue weighted by Gasteiger charge is -2.32. The van der Waals surface area contributed by atoms with Crippen LogP contribution < -0.4 is 5.73 Å². The zero-order valence-electron chi connectivity index (χ0n) is 30.6. The molecule has 50 heavy (non-hydrogen) atoms. The second kappa shape index (κ2) is 19.8. The van der Waals surface area contributed by atoms with Crippen molar-refractivity contribution in [2.24, 2.45) is 29.6 Å². The minimum absolute atomic E-state index is 0.0664. The van der Waals surface area contributed by atoms with Crippen molar-refractivity contribution >= 4 is 11.8 Å². The van der Waals surface area contributed by atoms with Crippen LogP contribution in [0.2, 0.25) is 0 Å². The summed E-state index contributed by atoms with van der Waals surface area (Å²) in [6.45, 7) is 4.37. The van der Waals surface area contributed by atoms with Crippen molar-refractivity contribution < 1.29 is 30.3 Å². The molecule has 2 aromatic rings. The van der Waals surface area contributed by atoms with E-state index in [2.05, 4.69) is 42.0 Å². The number of nitrogen functional groups attached to an aromatic ring is 1. The highest BCUT2D eigenvalue weighted by Gasteiger charge is 2.46. The lowest BCUT2D eigenvalue weighted by molar-refractivity contribution is -0.146. The zero-order chi connectivity index (χ0) is 36.1. The number of aromatic nitrogens is 2. The molecule has 2 aromatic heterocycles. The van der Waals surface area contributed by atoms with Gasteiger partial charge in [-0.25, -0.2) is 4.98 Å². The Kier molecular flexibility index (Phi) is 15.8. The van der Waals surface area contributed by atoms with E-state index in [4.69, 9.17) is 5.73 Å². The van der Waals surface area contributed by atoms with Crippen LogP contribution in [-0.4, -0.2) is 65.9 Å². The number of pyridine rings is 1. The average molecular weight is 696 g/mol. The van der Waals surface area contributed by atoms with Gasteiger partial charge in [-0.15, -0.1) is 0 Å². The number of aliphatic hydroxyl groups excluding tert-OH is 3. The number of nitrogens with zero attached hydrogens (tertiary/aromatic N) is 1. The molecule has 2 aliphatic carbocycles. The lowest BCUT2D eigenvalue weighted by atomic mass is 9.80. The van der Waals surface area contributed by atoms with Crippen LogP contribution in [0, 0.1) is 29.6 Å². The maximum Gasteiger partial charge on any atom is 0.309 e. The molecule has 8 atom stereocenters. The van der Waals surface area contributed by atoms with Gasteiger partial charge in [0.25, 0.3) is 0 Å². The second-order valence-electron chi connectivity index (χ2n) is 15.5. The number of aromatic amines is 1. The number of allylic oxidation sites excluding steroid dienone is 1. The molecule has 1 fully saturated rings. The van der Waals surface area contributed by atoms with E-state index in [1.807, 2.05) is 12.1 Å². The van der Waals surface area contributed by atoms with E-state index >= 15 is 0 Å². The number of rotatable bonds is 22. The Labute approximate surface area is 299 Å². The van der Waals surface area contributed by atoms with E-state index in [9.17, 15) is 30.3 Å². The molecule has 0 radical (unpaired) electrons. The molecule has 280 valence electrons. The number of nitrogens with one attached hydrogen (secondary N) is 1. The van der Waals surface area contributed by atoms with Crippen LogP contribution in [-0.2, 0) is 30.5 Å². The maximum absolute atomic E-state index is 12.3. The molecule has 2 heterocycles. The van der Waals surface area contributed by atoms with Gasteiger partial charge in [-0.05, 0) is 118 Å². The third kappa shape index (κ3) is 11.7. The molecular weight excluding hydrogens is 630 g/mol. The van der Waals surface area contributed by atoms with Crippen LogP contribution in [0.25, 0.3) is 0 Å². The summed E-state index contributed by atoms with van der Waals surface area (Å²) < 4.78 is 0. The number of aliphatic hydroxyl groups is 4. The number of unbranched alkanes of at least 4 members (excludes halogenated alkanes) is 4. The van der Waals surface area contributed by atoms with Gasteiger partial charge < -0.3 is 36.3 Å². The molecule has 9 heteroatoms. The third-order valence-electron chi connectivity index (χ3n) is 11.7. The molecule has 4 rings (SSSR count). The van der Waals surface area contributed by atoms with Crippen molar-refractivity contribution in [1.82, 2.24) is 9.97 Å². The van der Waals surface area contributed by atoms with Gasteiger partial charge in [0.05, 0.1) is 23.7 Å². The summed E-state index contributed by atoms with van der Waals surface area (Å²) >= 11 is 0. The van der Waals surface area contributed by atoms with E-state index in [-0.39, 0.29) is 36.9 Å². The van der Waals surface area contributed by atoms with E-state index in [1.165, 1.54) is 24.8 Å². The van der Waals surface area contributed by atoms with Crippen molar-refractivity contribution in [3.63, 3.8) is 0 Å². The molecule has 0 aliphatic heterocycles. The first-order valence-corrected chi connectivity index (χ1v) is 19.6. The summed E-state index contributed by atoms with van der Waals surface area (Å²) in [6, 6.07) is 5.99. The summed E-state index contributed by atoms with van der Waals surface area (Å²) in [6.07, 6.45) is 19.0. The van der Waals surface area contributed by atoms with Gasteiger partial charge in [-0.1, -0.05) is 64.5 Å². The molecule has 0 bridgehead atoms. The van der Waals surface area contributed by atoms with Crippen LogP contribution in [0.5, 0.6) is 0 Å². The predicted octanol–water partition coefficient (Wildman–Crippen LogP) is 6.56. The van der Waals surface area contributed by atoms with Crippen molar-refractivity contribution in [2.45, 2.75) is 147 Å². The van der Waals surface area contributed by atoms with Crippen molar-refractivity contribution in [2.75, 3.05) is 12.3 Å². The van der Waals surface area contributed by atoms with Gasteiger partial charge in [-0.2, -0.15) is 0 Å². The number of anilines is 1. The van der Waals surface area contributed by atoms with Crippen LogP contribution >= 0.6 is 0 Å². The number of aryl methyl sites for hydroxylation is 1. The number of hydrogen-bond donors (Lipinski definition) is 7. The summed E-state index contributed by atoms with van der Waals surface area (Å²) in [4.78, 5) is 19.9. The largest absolute Gasteiger partial charge is 0.481 e. The number of carbonyl (C=O) groups is 1. The van der Waals surface area contributed by atoms with Gasteiger partial charge in [-0.3, -0.25) is 4.79 Å². The Morgan fingerprint density at radius 2 is 1.86 bits per heavy atom. The van der Waals surface area contributed by atoms with Gasteiger partial charge >= 0.3 is 5.97 Å². The number of aliphatic carboxylic acids is 1. The van der Waals surface area contributed by atoms with Crippen molar-refractivity contribution in [3.8, 4) is 0 Å². The summed E-state index contributed by atoms with van der Waals surface area (Å²) in [7, 11) is 0. The number of carboxylic acids is 1. The molecular formula is C41H65N3O6. The lowest BCUT2D eigenvalue weighted by Crippen LogP contribution is -2.37. The Hall–Kier alpha value is -2.72. The van der Waals surface area contributed by atoms with Crippen molar-refractivity contribution in [3.05, 3.63) is 59.1 Å². The minimum atomic E-state index is -1.05. The predicted molar refractivity (Wildman–Crippen MR) is 199 cm³/mol. The fraction of sp³-hybridized carbons (Fsp3) is 0.707. The van der Waals surface area contributed by atoms with E-state index in [1.54, 1.807) is 6.20 Å². The molecule has 2 aliphatic rings. The number of hydrogen-bond acceptors (Lipinski definition) is 7. The van der Waals surface area contributed by atoms with Crippen molar-refractivity contribution in [1.29, 1.82) is 0 Å². The van der Waals surface area contributed by atoms with E-state index in [0.29, 0.717) is 50.3 Å². The van der Waals surface area contributed by atoms with E-state index in [0.717, 1.165) is 68.3 Å². The van der Waals surface area contributed by atoms with Gasteiger partial charge in [0, 0.05) is 36.5 Å². The number of carboxylic acid groups (broad SMARTS) is 1. The highest BCUT2D eigenvalue weighted by atomic mass is 16.4. The SMILES string of the molecule is CCCCC[C@@H]1C=C[C@@H](CCCCC[C@H](C(=O)O)[C@H](O)CC[C@]2(O)C[C@H](Cc3ccnc(N)c3)C[C@H]2Cc2cc(CC)c(CCO)[nH]2)[C@H](O)C1. The molecule has 0 unspecified atom stereocenters. The topological polar surface area (TPSA) is 173 Å². The highest BCUT2D eigenvalue weighted by molar-refractivity contribution is 5.70. The minimum Gasteiger partial charge on any atom is -0.481 e. The summed E-state index contributed by atoms with van der Waals surface area (Å²) in [5, 5.41) is 53.7. The standard InChI is InChI=1S/C41H65N3O6/c1-3-5-7-10-28-13-14-32(38(47)23-28)11-8-6-9-12-35(40(48)49)37(46)15-18-41(50)27-30(21-29-16-19-43-39(42)24-29)22-33(41)26-34-25-31(4-2)36(44-34)17-20-45/h13-14,16,19,24-25,28,30,32-33,35,37-38,44-47,50H,3-12,15,17-18,20-23,26-27H2,1-2H3,(H2,42,43)(H,48,49)/t28-,30-,32-,33+,35+,37-,38-,41+/m1/s1. The Morgan fingerprint density at radius 1 is 1.06 bits per heavy atom. The Morgan fingerprint density at radius 3 is 2.56 bits per heavy atom. The first-order valence-electron chi connectivity index (χ1n) is 19.6. The second-order valence-corrected chi connectivity index (χ2v) is 15.5.